The van der Waals surface area contributed by atoms with Gasteiger partial charge < -0.3 is 18.9 Å². The predicted molar refractivity (Wildman–Crippen MR) is 103 cm³/mol. The van der Waals surface area contributed by atoms with E-state index in [0.717, 1.165) is 55.7 Å². The number of nitrogens with zero attached hydrogens (tertiary/aromatic N) is 1. The summed E-state index contributed by atoms with van der Waals surface area (Å²) in [6.07, 6.45) is 3.43. The lowest BCUT2D eigenvalue weighted by molar-refractivity contribution is 0.0484. The smallest absolute Gasteiger partial charge is 0.413 e. The normalized spacial score (nSPS) is 20.7. The molecule has 1 aromatic heterocycles. The highest BCUT2D eigenvalue weighted by molar-refractivity contribution is 7.22. The summed E-state index contributed by atoms with van der Waals surface area (Å²) in [6.45, 7) is 2.56. The van der Waals surface area contributed by atoms with E-state index in [-0.39, 0.29) is 12.7 Å². The number of thiazole rings is 1. The summed E-state index contributed by atoms with van der Waals surface area (Å²) in [5.41, 5.74) is 2.02. The van der Waals surface area contributed by atoms with Gasteiger partial charge in [-0.3, -0.25) is 5.32 Å². The van der Waals surface area contributed by atoms with Crippen LogP contribution in [0.2, 0.25) is 0 Å². The monoisotopic (exact) mass is 392 g/mol. The zero-order chi connectivity index (χ0) is 18.6. The highest BCUT2D eigenvalue weighted by Gasteiger charge is 2.23. The van der Waals surface area contributed by atoms with Crippen LogP contribution in [0, 0.1) is 0 Å². The molecule has 2 fully saturated rings. The maximum Gasteiger partial charge on any atom is 0.413 e. The first-order valence-electron chi connectivity index (χ1n) is 9.35. The van der Waals surface area contributed by atoms with Gasteiger partial charge in [-0.2, -0.15) is 0 Å². The van der Waals surface area contributed by atoms with Crippen LogP contribution in [0.1, 0.15) is 37.2 Å². The van der Waals surface area contributed by atoms with Crippen LogP contribution >= 0.6 is 11.3 Å². The molecule has 1 aromatic carbocycles. The van der Waals surface area contributed by atoms with E-state index < -0.39 is 6.09 Å². The molecule has 2 aliphatic rings. The maximum atomic E-state index is 12.1. The molecular weight excluding hydrogens is 368 g/mol. The standard InChI is InChI=1S/C19H24N2O5S/c1-23-15-5-4-14(12-6-9-24-10-7-12)17-16(15)20-18(27-17)21-19(22)26-11-13-3-2-8-25-13/h4-5,12-13H,2-3,6-11H2,1H3,(H,20,21,22). The van der Waals surface area contributed by atoms with Crippen molar-refractivity contribution in [2.24, 2.45) is 0 Å². The van der Waals surface area contributed by atoms with Crippen molar-refractivity contribution >= 4 is 32.8 Å². The SMILES string of the molecule is COc1ccc(C2CCOCC2)c2sc(NC(=O)OCC3CCCO3)nc12. The molecule has 4 rings (SSSR count). The van der Waals surface area contributed by atoms with E-state index in [9.17, 15) is 4.79 Å². The van der Waals surface area contributed by atoms with Gasteiger partial charge in [-0.25, -0.2) is 9.78 Å². The Morgan fingerprint density at radius 3 is 2.89 bits per heavy atom. The van der Waals surface area contributed by atoms with E-state index in [4.69, 9.17) is 18.9 Å². The number of aromatic nitrogens is 1. The molecule has 0 bridgehead atoms. The maximum absolute atomic E-state index is 12.1. The molecule has 1 atom stereocenters. The van der Waals surface area contributed by atoms with Gasteiger partial charge in [0.15, 0.2) is 5.13 Å². The third kappa shape index (κ3) is 4.17. The van der Waals surface area contributed by atoms with Crippen molar-refractivity contribution in [2.75, 3.05) is 38.9 Å². The molecule has 7 nitrogen and oxygen atoms in total. The second kappa shape index (κ2) is 8.41. The highest BCUT2D eigenvalue weighted by Crippen LogP contribution is 2.40. The van der Waals surface area contributed by atoms with Crippen LogP contribution in [-0.4, -0.2) is 50.7 Å². The van der Waals surface area contributed by atoms with Crippen molar-refractivity contribution < 1.29 is 23.7 Å². The van der Waals surface area contributed by atoms with Gasteiger partial charge >= 0.3 is 6.09 Å². The zero-order valence-electron chi connectivity index (χ0n) is 15.4. The zero-order valence-corrected chi connectivity index (χ0v) is 16.2. The van der Waals surface area contributed by atoms with Crippen molar-refractivity contribution in [1.82, 2.24) is 4.98 Å². The number of fused-ring (bicyclic) bond motifs is 1. The fourth-order valence-electron chi connectivity index (χ4n) is 3.62. The minimum atomic E-state index is -0.504. The van der Waals surface area contributed by atoms with Gasteiger partial charge in [-0.15, -0.1) is 0 Å². The molecule has 2 aliphatic heterocycles. The molecule has 3 heterocycles. The van der Waals surface area contributed by atoms with Crippen LogP contribution in [0.5, 0.6) is 5.75 Å². The van der Waals surface area contributed by atoms with Gasteiger partial charge in [0.05, 0.1) is 17.9 Å². The second-order valence-corrected chi connectivity index (χ2v) is 7.80. The molecule has 0 spiro atoms. The highest BCUT2D eigenvalue weighted by atomic mass is 32.1. The average molecular weight is 392 g/mol. The molecular formula is C19H24N2O5S. The van der Waals surface area contributed by atoms with Crippen molar-refractivity contribution in [3.8, 4) is 5.75 Å². The van der Waals surface area contributed by atoms with Crippen LogP contribution in [0.25, 0.3) is 10.2 Å². The lowest BCUT2D eigenvalue weighted by atomic mass is 9.91. The number of methoxy groups -OCH3 is 1. The number of carbonyl (C=O) groups is 1. The summed E-state index contributed by atoms with van der Waals surface area (Å²) in [5.74, 6) is 1.14. The molecule has 0 aliphatic carbocycles. The summed E-state index contributed by atoms with van der Waals surface area (Å²) in [4.78, 5) is 16.7. The number of hydrogen-bond donors (Lipinski definition) is 1. The number of nitrogens with one attached hydrogen (secondary N) is 1. The Labute approximate surface area is 162 Å². The Morgan fingerprint density at radius 2 is 2.15 bits per heavy atom. The first-order chi connectivity index (χ1) is 13.2. The molecule has 8 heteroatoms. The van der Waals surface area contributed by atoms with E-state index in [1.165, 1.54) is 16.9 Å². The molecule has 0 radical (unpaired) electrons. The minimum absolute atomic E-state index is 0.00587. The third-order valence-electron chi connectivity index (χ3n) is 5.05. The average Bonchev–Trinajstić information content (AvgIpc) is 3.36. The van der Waals surface area contributed by atoms with Crippen LogP contribution < -0.4 is 10.1 Å². The molecule has 1 N–H and O–H groups in total. The molecule has 27 heavy (non-hydrogen) atoms. The van der Waals surface area contributed by atoms with Gasteiger partial charge in [-0.05, 0) is 43.2 Å². The van der Waals surface area contributed by atoms with Crippen LogP contribution in [0.3, 0.4) is 0 Å². The van der Waals surface area contributed by atoms with E-state index >= 15 is 0 Å². The number of carbonyl (C=O) groups excluding carboxylic acids is 1. The van der Waals surface area contributed by atoms with Crippen molar-refractivity contribution in [1.29, 1.82) is 0 Å². The summed E-state index contributed by atoms with van der Waals surface area (Å²) >= 11 is 1.46. The lowest BCUT2D eigenvalue weighted by Crippen LogP contribution is -2.21. The Kier molecular flexibility index (Phi) is 5.75. The van der Waals surface area contributed by atoms with Gasteiger partial charge in [0, 0.05) is 19.8 Å². The molecule has 1 amide bonds. The number of anilines is 1. The van der Waals surface area contributed by atoms with Gasteiger partial charge in [-0.1, -0.05) is 17.4 Å². The predicted octanol–water partition coefficient (Wildman–Crippen LogP) is 3.93. The molecule has 2 saturated heterocycles. The molecule has 146 valence electrons. The lowest BCUT2D eigenvalue weighted by Gasteiger charge is -2.23. The topological polar surface area (TPSA) is 78.9 Å². The van der Waals surface area contributed by atoms with Crippen LogP contribution in [-0.2, 0) is 14.2 Å². The summed E-state index contributed by atoms with van der Waals surface area (Å²) in [6, 6.07) is 4.06. The number of benzene rings is 1. The Morgan fingerprint density at radius 1 is 1.30 bits per heavy atom. The summed E-state index contributed by atoms with van der Waals surface area (Å²) in [7, 11) is 1.63. The Hall–Kier alpha value is -1.90. The fraction of sp³-hybridized carbons (Fsp3) is 0.579. The summed E-state index contributed by atoms with van der Waals surface area (Å²) in [5, 5.41) is 3.26. The quantitative estimate of drug-likeness (QED) is 0.831. The first kappa shape index (κ1) is 18.5. The molecule has 2 aromatic rings. The second-order valence-electron chi connectivity index (χ2n) is 6.80. The Balaban J connectivity index is 1.51. The van der Waals surface area contributed by atoms with Gasteiger partial charge in [0.25, 0.3) is 0 Å². The van der Waals surface area contributed by atoms with Crippen molar-refractivity contribution in [2.45, 2.75) is 37.7 Å². The first-order valence-corrected chi connectivity index (χ1v) is 10.2. The van der Waals surface area contributed by atoms with Crippen molar-refractivity contribution in [3.05, 3.63) is 17.7 Å². The third-order valence-corrected chi connectivity index (χ3v) is 6.07. The fourth-order valence-corrected chi connectivity index (χ4v) is 4.68. The number of hydrogen-bond acceptors (Lipinski definition) is 7. The van der Waals surface area contributed by atoms with Gasteiger partial charge in [0.2, 0.25) is 0 Å². The largest absolute Gasteiger partial charge is 0.494 e. The van der Waals surface area contributed by atoms with Crippen LogP contribution in [0.4, 0.5) is 9.93 Å². The number of ether oxygens (including phenoxy) is 4. The molecule has 0 saturated carbocycles. The van der Waals surface area contributed by atoms with Crippen LogP contribution in [0.15, 0.2) is 12.1 Å². The number of rotatable bonds is 5. The van der Waals surface area contributed by atoms with E-state index in [0.29, 0.717) is 16.8 Å². The van der Waals surface area contributed by atoms with E-state index in [1.807, 2.05) is 6.07 Å². The molecule has 1 unspecified atom stereocenters. The summed E-state index contributed by atoms with van der Waals surface area (Å²) < 4.78 is 22.7. The Bertz CT molecular complexity index is 797. The van der Waals surface area contributed by atoms with Gasteiger partial charge in [0.1, 0.15) is 17.9 Å². The number of amides is 1. The van der Waals surface area contributed by atoms with E-state index in [1.54, 1.807) is 7.11 Å². The van der Waals surface area contributed by atoms with E-state index in [2.05, 4.69) is 16.4 Å². The van der Waals surface area contributed by atoms with Crippen molar-refractivity contribution in [3.63, 3.8) is 0 Å². The minimum Gasteiger partial charge on any atom is -0.494 e.